The molecule has 2 aromatic carbocycles. The molecule has 0 aromatic heterocycles. The smallest absolute Gasteiger partial charge is 0.0103 e. The highest BCUT2D eigenvalue weighted by Crippen LogP contribution is 2.32. The van der Waals surface area contributed by atoms with E-state index in [2.05, 4.69) is 52.5 Å². The molecule has 0 fully saturated rings. The molecule has 0 heteroatoms. The highest BCUT2D eigenvalue weighted by molar-refractivity contribution is 5.97. The summed E-state index contributed by atoms with van der Waals surface area (Å²) in [5, 5.41) is 2.72. The van der Waals surface area contributed by atoms with Gasteiger partial charge in [-0.15, -0.1) is 0 Å². The molecule has 0 unspecified atom stereocenters. The Morgan fingerprint density at radius 1 is 0.938 bits per heavy atom. The summed E-state index contributed by atoms with van der Waals surface area (Å²) in [5.74, 6) is 0. The number of fused-ring (bicyclic) bond motifs is 1. The van der Waals surface area contributed by atoms with Crippen LogP contribution in [0.5, 0.6) is 0 Å². The van der Waals surface area contributed by atoms with Crippen molar-refractivity contribution in [3.05, 3.63) is 52.6 Å². The average molecular weight is 210 g/mol. The molecule has 16 heavy (non-hydrogen) atoms. The van der Waals surface area contributed by atoms with Gasteiger partial charge in [-0.3, -0.25) is 0 Å². The van der Waals surface area contributed by atoms with E-state index in [1.165, 1.54) is 38.6 Å². The largest absolute Gasteiger partial charge is 0.0984 e. The molecular weight excluding hydrogens is 192 g/mol. The van der Waals surface area contributed by atoms with Gasteiger partial charge in [0.25, 0.3) is 0 Å². The van der Waals surface area contributed by atoms with Gasteiger partial charge in [0.15, 0.2) is 0 Å². The van der Waals surface area contributed by atoms with Gasteiger partial charge in [-0.25, -0.2) is 0 Å². The van der Waals surface area contributed by atoms with Gasteiger partial charge in [-0.05, 0) is 66.3 Å². The molecule has 0 aliphatic heterocycles. The van der Waals surface area contributed by atoms with Crippen molar-refractivity contribution in [2.45, 2.75) is 27.7 Å². The van der Waals surface area contributed by atoms with Gasteiger partial charge >= 0.3 is 0 Å². The molecule has 0 aliphatic carbocycles. The maximum atomic E-state index is 3.94. The number of hydrogen-bond donors (Lipinski definition) is 0. The second-order valence-corrected chi connectivity index (χ2v) is 4.49. The van der Waals surface area contributed by atoms with E-state index in [0.717, 1.165) is 0 Å². The maximum absolute atomic E-state index is 3.94. The highest BCUT2D eigenvalue weighted by atomic mass is 14.1. The minimum absolute atomic E-state index is 1.28. The lowest BCUT2D eigenvalue weighted by Gasteiger charge is -2.15. The van der Waals surface area contributed by atoms with E-state index in [1.54, 1.807) is 0 Å². The third-order valence-electron chi connectivity index (χ3n) is 3.67. The Balaban J connectivity index is 3.10. The normalized spacial score (nSPS) is 10.8. The van der Waals surface area contributed by atoms with Crippen LogP contribution in [-0.4, -0.2) is 0 Å². The van der Waals surface area contributed by atoms with Crippen LogP contribution < -0.4 is 0 Å². The van der Waals surface area contributed by atoms with Crippen LogP contribution >= 0.6 is 0 Å². The minimum Gasteiger partial charge on any atom is -0.0984 e. The molecule has 0 heterocycles. The molecule has 2 aromatic rings. The molecule has 0 atom stereocenters. The molecule has 0 aliphatic rings. The van der Waals surface area contributed by atoms with E-state index in [0.29, 0.717) is 0 Å². The fourth-order valence-electron chi connectivity index (χ4n) is 2.53. The zero-order valence-electron chi connectivity index (χ0n) is 10.5. The van der Waals surface area contributed by atoms with E-state index in [-0.39, 0.29) is 0 Å². The Labute approximate surface area is 97.6 Å². The van der Waals surface area contributed by atoms with Crippen LogP contribution in [0.25, 0.3) is 16.8 Å². The van der Waals surface area contributed by atoms with Crippen molar-refractivity contribution in [3.63, 3.8) is 0 Å². The van der Waals surface area contributed by atoms with Crippen molar-refractivity contribution in [2.24, 2.45) is 0 Å². The lowest BCUT2D eigenvalue weighted by molar-refractivity contribution is 1.28. The Hall–Kier alpha value is -1.56. The molecule has 0 amide bonds. The van der Waals surface area contributed by atoms with Crippen molar-refractivity contribution in [1.29, 1.82) is 0 Å². The maximum Gasteiger partial charge on any atom is -0.0103 e. The molecule has 0 saturated heterocycles. The van der Waals surface area contributed by atoms with Crippen molar-refractivity contribution < 1.29 is 0 Å². The monoisotopic (exact) mass is 210 g/mol. The van der Waals surface area contributed by atoms with Crippen LogP contribution in [0.2, 0.25) is 0 Å². The molecule has 0 nitrogen and oxygen atoms in total. The van der Waals surface area contributed by atoms with Crippen LogP contribution in [0, 0.1) is 27.7 Å². The molecule has 82 valence electrons. The second kappa shape index (κ2) is 3.79. The molecule has 0 N–H and O–H groups in total. The summed E-state index contributed by atoms with van der Waals surface area (Å²) >= 11 is 0. The number of rotatable bonds is 1. The molecule has 0 radical (unpaired) electrons. The van der Waals surface area contributed by atoms with Gasteiger partial charge < -0.3 is 0 Å². The summed E-state index contributed by atoms with van der Waals surface area (Å²) in [7, 11) is 0. The van der Waals surface area contributed by atoms with E-state index >= 15 is 0 Å². The van der Waals surface area contributed by atoms with Crippen LogP contribution in [0.15, 0.2) is 24.8 Å². The van der Waals surface area contributed by atoms with Crippen LogP contribution in [0.3, 0.4) is 0 Å². The quantitative estimate of drug-likeness (QED) is 0.639. The van der Waals surface area contributed by atoms with Crippen molar-refractivity contribution in [3.8, 4) is 0 Å². The summed E-state index contributed by atoms with van der Waals surface area (Å²) < 4.78 is 0. The lowest BCUT2D eigenvalue weighted by Crippen LogP contribution is -1.95. The molecule has 0 saturated carbocycles. The predicted octanol–water partition coefficient (Wildman–Crippen LogP) is 4.72. The average Bonchev–Trinajstić information content (AvgIpc) is 2.27. The molecule has 0 spiro atoms. The van der Waals surface area contributed by atoms with Gasteiger partial charge in [0, 0.05) is 0 Å². The van der Waals surface area contributed by atoms with Gasteiger partial charge in [0.05, 0.1) is 0 Å². The van der Waals surface area contributed by atoms with E-state index < -0.39 is 0 Å². The summed E-state index contributed by atoms with van der Waals surface area (Å²) in [6.45, 7) is 12.7. The summed E-state index contributed by atoms with van der Waals surface area (Å²) in [6.07, 6.45) is 1.98. The van der Waals surface area contributed by atoms with Crippen molar-refractivity contribution in [2.75, 3.05) is 0 Å². The first kappa shape index (κ1) is 10.9. The summed E-state index contributed by atoms with van der Waals surface area (Å²) in [6, 6.07) is 6.49. The fraction of sp³-hybridized carbons (Fsp3) is 0.250. The first-order valence-electron chi connectivity index (χ1n) is 5.69. The van der Waals surface area contributed by atoms with E-state index in [4.69, 9.17) is 0 Å². The third kappa shape index (κ3) is 1.37. The Morgan fingerprint density at radius 2 is 1.62 bits per heavy atom. The minimum atomic E-state index is 1.28. The SMILES string of the molecule is C=Cc1c(C)c(C)c(C)c2c(C)cccc12. The Bertz CT molecular complexity index is 574. The van der Waals surface area contributed by atoms with E-state index in [9.17, 15) is 0 Å². The van der Waals surface area contributed by atoms with Crippen molar-refractivity contribution >= 4 is 16.8 Å². The first-order valence-corrected chi connectivity index (χ1v) is 5.69. The standard InChI is InChI=1S/C16H18/c1-6-14-12(4)11(3)13(5)16-10(2)8-7-9-15(14)16/h6-9H,1H2,2-5H3. The number of hydrogen-bond acceptors (Lipinski definition) is 0. The van der Waals surface area contributed by atoms with Crippen LogP contribution in [0.4, 0.5) is 0 Å². The van der Waals surface area contributed by atoms with Gasteiger partial charge in [-0.2, -0.15) is 0 Å². The Kier molecular flexibility index (Phi) is 2.59. The fourth-order valence-corrected chi connectivity index (χ4v) is 2.53. The third-order valence-corrected chi connectivity index (χ3v) is 3.67. The lowest BCUT2D eigenvalue weighted by atomic mass is 9.89. The second-order valence-electron chi connectivity index (χ2n) is 4.49. The highest BCUT2D eigenvalue weighted by Gasteiger charge is 2.10. The predicted molar refractivity (Wildman–Crippen MR) is 73.0 cm³/mol. The van der Waals surface area contributed by atoms with Gasteiger partial charge in [0.2, 0.25) is 0 Å². The zero-order valence-corrected chi connectivity index (χ0v) is 10.5. The summed E-state index contributed by atoms with van der Waals surface area (Å²) in [4.78, 5) is 0. The number of aryl methyl sites for hydroxylation is 2. The van der Waals surface area contributed by atoms with Crippen molar-refractivity contribution in [1.82, 2.24) is 0 Å². The molecule has 2 rings (SSSR count). The zero-order chi connectivity index (χ0) is 11.9. The molecular formula is C16H18. The Morgan fingerprint density at radius 3 is 2.25 bits per heavy atom. The first-order chi connectivity index (χ1) is 7.57. The van der Waals surface area contributed by atoms with Gasteiger partial charge in [0.1, 0.15) is 0 Å². The molecule has 0 bridgehead atoms. The number of benzene rings is 2. The van der Waals surface area contributed by atoms with E-state index in [1.807, 2.05) is 6.08 Å². The van der Waals surface area contributed by atoms with Crippen LogP contribution in [0.1, 0.15) is 27.8 Å². The topological polar surface area (TPSA) is 0 Å². The van der Waals surface area contributed by atoms with Gasteiger partial charge in [-0.1, -0.05) is 30.9 Å². The summed E-state index contributed by atoms with van der Waals surface area (Å²) in [5.41, 5.74) is 6.77. The van der Waals surface area contributed by atoms with Crippen LogP contribution in [-0.2, 0) is 0 Å².